The molecule has 0 aromatic heterocycles. The highest BCUT2D eigenvalue weighted by Gasteiger charge is 2.46. The van der Waals surface area contributed by atoms with Crippen molar-refractivity contribution in [3.05, 3.63) is 0 Å². The van der Waals surface area contributed by atoms with Crippen molar-refractivity contribution in [1.29, 1.82) is 0 Å². The quantitative estimate of drug-likeness (QED) is 0.829. The summed E-state index contributed by atoms with van der Waals surface area (Å²) in [5.74, 6) is 2.81. The lowest BCUT2D eigenvalue weighted by Crippen LogP contribution is -2.48. The molecule has 2 unspecified atom stereocenters. The van der Waals surface area contributed by atoms with Crippen LogP contribution in [0.1, 0.15) is 58.8 Å². The Morgan fingerprint density at radius 2 is 2.06 bits per heavy atom. The second-order valence-electron chi connectivity index (χ2n) is 6.13. The molecule has 2 aliphatic rings. The highest BCUT2D eigenvalue weighted by atomic mass is 32.2. The predicted molar refractivity (Wildman–Crippen MR) is 78.1 cm³/mol. The van der Waals surface area contributed by atoms with Crippen LogP contribution in [0.4, 0.5) is 0 Å². The fourth-order valence-corrected chi connectivity index (χ4v) is 5.13. The number of thioether (sulfide) groups is 1. The van der Waals surface area contributed by atoms with Gasteiger partial charge in [0.2, 0.25) is 0 Å². The molecule has 0 amide bonds. The van der Waals surface area contributed by atoms with Gasteiger partial charge >= 0.3 is 0 Å². The van der Waals surface area contributed by atoms with Gasteiger partial charge in [-0.15, -0.1) is 0 Å². The SMILES string of the molecule is CCCC(O)(CCC)C1CCOC2(CCSC2)C1. The maximum Gasteiger partial charge on any atom is 0.0784 e. The maximum absolute atomic E-state index is 11.0. The van der Waals surface area contributed by atoms with E-state index in [-0.39, 0.29) is 5.60 Å². The van der Waals surface area contributed by atoms with Crippen LogP contribution in [0, 0.1) is 5.92 Å². The largest absolute Gasteiger partial charge is 0.390 e. The topological polar surface area (TPSA) is 29.5 Å². The third kappa shape index (κ3) is 3.05. The fraction of sp³-hybridized carbons (Fsp3) is 1.00. The van der Waals surface area contributed by atoms with Gasteiger partial charge in [-0.05, 0) is 43.8 Å². The Bertz CT molecular complexity index is 255. The van der Waals surface area contributed by atoms with E-state index < -0.39 is 5.60 Å². The van der Waals surface area contributed by atoms with Crippen LogP contribution >= 0.6 is 11.8 Å². The van der Waals surface area contributed by atoms with E-state index in [2.05, 4.69) is 13.8 Å². The van der Waals surface area contributed by atoms with Crippen molar-refractivity contribution in [2.24, 2.45) is 5.92 Å². The molecule has 2 heterocycles. The minimum Gasteiger partial charge on any atom is -0.390 e. The van der Waals surface area contributed by atoms with Gasteiger partial charge in [-0.1, -0.05) is 26.7 Å². The first-order chi connectivity index (χ1) is 8.64. The normalized spacial score (nSPS) is 33.2. The van der Waals surface area contributed by atoms with Crippen LogP contribution in [0.2, 0.25) is 0 Å². The molecular weight excluding hydrogens is 244 g/mol. The third-order valence-electron chi connectivity index (χ3n) is 4.69. The monoisotopic (exact) mass is 272 g/mol. The lowest BCUT2D eigenvalue weighted by atomic mass is 9.72. The first-order valence-corrected chi connectivity index (χ1v) is 8.74. The van der Waals surface area contributed by atoms with Gasteiger partial charge in [-0.25, -0.2) is 0 Å². The second kappa shape index (κ2) is 6.15. The van der Waals surface area contributed by atoms with Crippen LogP contribution in [-0.2, 0) is 4.74 Å². The Morgan fingerprint density at radius 3 is 2.61 bits per heavy atom. The number of rotatable bonds is 5. The molecular formula is C15H28O2S. The van der Waals surface area contributed by atoms with Gasteiger partial charge in [-0.2, -0.15) is 11.8 Å². The van der Waals surface area contributed by atoms with Crippen molar-refractivity contribution in [2.45, 2.75) is 70.0 Å². The highest BCUT2D eigenvalue weighted by molar-refractivity contribution is 7.99. The van der Waals surface area contributed by atoms with E-state index in [1.165, 1.54) is 12.2 Å². The molecule has 0 saturated carbocycles. The second-order valence-corrected chi connectivity index (χ2v) is 7.23. The summed E-state index contributed by atoms with van der Waals surface area (Å²) >= 11 is 2.01. The van der Waals surface area contributed by atoms with E-state index in [1.807, 2.05) is 11.8 Å². The van der Waals surface area contributed by atoms with Crippen molar-refractivity contribution < 1.29 is 9.84 Å². The van der Waals surface area contributed by atoms with Crippen LogP contribution < -0.4 is 0 Å². The summed E-state index contributed by atoms with van der Waals surface area (Å²) in [4.78, 5) is 0. The minimum absolute atomic E-state index is 0.100. The first-order valence-electron chi connectivity index (χ1n) is 7.58. The Morgan fingerprint density at radius 1 is 1.33 bits per heavy atom. The number of hydrogen-bond donors (Lipinski definition) is 1. The standard InChI is InChI=1S/C15H28O2S/c1-3-6-15(16,7-4-2)13-5-9-17-14(11-13)8-10-18-12-14/h13,16H,3-12H2,1-2H3. The van der Waals surface area contributed by atoms with E-state index in [9.17, 15) is 5.11 Å². The summed E-state index contributed by atoms with van der Waals surface area (Å²) in [7, 11) is 0. The van der Waals surface area contributed by atoms with Gasteiger partial charge in [0, 0.05) is 12.4 Å². The van der Waals surface area contributed by atoms with Gasteiger partial charge in [0.15, 0.2) is 0 Å². The van der Waals surface area contributed by atoms with Crippen LogP contribution in [0.5, 0.6) is 0 Å². The average Bonchev–Trinajstić information content (AvgIpc) is 2.78. The number of ether oxygens (including phenoxy) is 1. The molecule has 0 radical (unpaired) electrons. The molecule has 0 aromatic carbocycles. The van der Waals surface area contributed by atoms with Crippen LogP contribution in [0.3, 0.4) is 0 Å². The van der Waals surface area contributed by atoms with Crippen LogP contribution in [0.15, 0.2) is 0 Å². The Hall–Kier alpha value is 0.270. The summed E-state index contributed by atoms with van der Waals surface area (Å²) in [6.45, 7) is 5.21. The van der Waals surface area contributed by atoms with Crippen LogP contribution in [-0.4, -0.2) is 34.4 Å². The van der Waals surface area contributed by atoms with E-state index in [0.717, 1.165) is 50.9 Å². The lowest BCUT2D eigenvalue weighted by Gasteiger charge is -2.45. The van der Waals surface area contributed by atoms with Crippen molar-refractivity contribution in [2.75, 3.05) is 18.1 Å². The molecule has 2 atom stereocenters. The fourth-order valence-electron chi connectivity index (χ4n) is 3.75. The van der Waals surface area contributed by atoms with E-state index in [1.54, 1.807) is 0 Å². The molecule has 2 saturated heterocycles. The summed E-state index contributed by atoms with van der Waals surface area (Å²) in [6, 6.07) is 0. The third-order valence-corrected chi connectivity index (χ3v) is 5.91. The lowest BCUT2D eigenvalue weighted by molar-refractivity contribution is -0.137. The molecule has 0 aromatic rings. The van der Waals surface area contributed by atoms with E-state index in [0.29, 0.717) is 5.92 Å². The smallest absolute Gasteiger partial charge is 0.0784 e. The molecule has 18 heavy (non-hydrogen) atoms. The minimum atomic E-state index is -0.437. The Labute approximate surface area is 116 Å². The van der Waals surface area contributed by atoms with Gasteiger partial charge in [0.1, 0.15) is 0 Å². The van der Waals surface area contributed by atoms with Crippen molar-refractivity contribution in [3.63, 3.8) is 0 Å². The van der Waals surface area contributed by atoms with E-state index in [4.69, 9.17) is 4.74 Å². The number of hydrogen-bond acceptors (Lipinski definition) is 3. The zero-order valence-electron chi connectivity index (χ0n) is 11.9. The molecule has 2 nitrogen and oxygen atoms in total. The molecule has 2 rings (SSSR count). The van der Waals surface area contributed by atoms with Gasteiger partial charge in [0.25, 0.3) is 0 Å². The van der Waals surface area contributed by atoms with Crippen LogP contribution in [0.25, 0.3) is 0 Å². The average molecular weight is 272 g/mol. The van der Waals surface area contributed by atoms with Crippen molar-refractivity contribution in [1.82, 2.24) is 0 Å². The maximum atomic E-state index is 11.0. The summed E-state index contributed by atoms with van der Waals surface area (Å²) in [6.07, 6.45) is 7.37. The molecule has 3 heteroatoms. The summed E-state index contributed by atoms with van der Waals surface area (Å²) < 4.78 is 6.08. The molecule has 2 fully saturated rings. The molecule has 106 valence electrons. The van der Waals surface area contributed by atoms with Gasteiger partial charge < -0.3 is 9.84 Å². The number of aliphatic hydroxyl groups is 1. The summed E-state index contributed by atoms with van der Waals surface area (Å²) in [5, 5.41) is 11.0. The predicted octanol–water partition coefficient (Wildman–Crippen LogP) is 3.62. The molecule has 0 bridgehead atoms. The highest BCUT2D eigenvalue weighted by Crippen LogP contribution is 2.45. The van der Waals surface area contributed by atoms with Gasteiger partial charge in [-0.3, -0.25) is 0 Å². The Kier molecular flexibility index (Phi) is 5.01. The zero-order chi connectivity index (χ0) is 13.1. The van der Waals surface area contributed by atoms with E-state index >= 15 is 0 Å². The molecule has 1 N–H and O–H groups in total. The zero-order valence-corrected chi connectivity index (χ0v) is 12.7. The van der Waals surface area contributed by atoms with Gasteiger partial charge in [0.05, 0.1) is 11.2 Å². The van der Waals surface area contributed by atoms with Crippen molar-refractivity contribution in [3.8, 4) is 0 Å². The molecule has 1 spiro atoms. The molecule has 0 aliphatic carbocycles. The Balaban J connectivity index is 2.05. The molecule has 2 aliphatic heterocycles. The van der Waals surface area contributed by atoms with Crippen molar-refractivity contribution >= 4 is 11.8 Å². The first kappa shape index (κ1) is 14.7. The summed E-state index contributed by atoms with van der Waals surface area (Å²) in [5.41, 5.74) is -0.337.